The van der Waals surface area contributed by atoms with E-state index in [-0.39, 0.29) is 6.61 Å². The van der Waals surface area contributed by atoms with Crippen LogP contribution >= 0.6 is 0 Å². The van der Waals surface area contributed by atoms with Crippen molar-refractivity contribution in [1.29, 1.82) is 0 Å². The van der Waals surface area contributed by atoms with E-state index in [1.54, 1.807) is 18.4 Å². The van der Waals surface area contributed by atoms with E-state index in [0.29, 0.717) is 5.76 Å². The van der Waals surface area contributed by atoms with Crippen LogP contribution in [0.25, 0.3) is 0 Å². The van der Waals surface area contributed by atoms with Crippen molar-refractivity contribution in [3.05, 3.63) is 24.2 Å². The largest absolute Gasteiger partial charge is 0.467 e. The summed E-state index contributed by atoms with van der Waals surface area (Å²) in [7, 11) is 0. The molecule has 92 valence electrons. The fourth-order valence-corrected chi connectivity index (χ4v) is 2.06. The highest BCUT2D eigenvalue weighted by molar-refractivity contribution is 5.06. The summed E-state index contributed by atoms with van der Waals surface area (Å²) in [5.41, 5.74) is -0.464. The van der Waals surface area contributed by atoms with Crippen molar-refractivity contribution >= 4 is 0 Å². The van der Waals surface area contributed by atoms with Crippen molar-refractivity contribution in [2.45, 2.75) is 45.6 Å². The second-order valence-electron chi connectivity index (χ2n) is 4.40. The van der Waals surface area contributed by atoms with Gasteiger partial charge < -0.3 is 14.6 Å². The molecule has 3 nitrogen and oxygen atoms in total. The number of hydrogen-bond donors (Lipinski definition) is 2. The molecule has 0 saturated carbocycles. The van der Waals surface area contributed by atoms with Gasteiger partial charge in [0.05, 0.1) is 12.9 Å². The van der Waals surface area contributed by atoms with Gasteiger partial charge in [-0.15, -0.1) is 0 Å². The Kier molecular flexibility index (Phi) is 5.03. The van der Waals surface area contributed by atoms with Crippen LogP contribution in [0.3, 0.4) is 0 Å². The molecule has 2 atom stereocenters. The molecular weight excluding hydrogens is 204 g/mol. The highest BCUT2D eigenvalue weighted by Gasteiger charge is 2.37. The molecule has 1 rings (SSSR count). The average Bonchev–Trinajstić information content (AvgIpc) is 2.84. The monoisotopic (exact) mass is 226 g/mol. The summed E-state index contributed by atoms with van der Waals surface area (Å²) in [5, 5.41) is 19.9. The first-order valence-electron chi connectivity index (χ1n) is 6.02. The summed E-state index contributed by atoms with van der Waals surface area (Å²) < 4.78 is 5.22. The molecule has 1 aromatic heterocycles. The van der Waals surface area contributed by atoms with Gasteiger partial charge in [0.15, 0.2) is 0 Å². The molecule has 0 bridgehead atoms. The lowest BCUT2D eigenvalue weighted by Crippen LogP contribution is -2.32. The molecule has 0 fully saturated rings. The molecule has 16 heavy (non-hydrogen) atoms. The van der Waals surface area contributed by atoms with Crippen molar-refractivity contribution in [2.24, 2.45) is 5.41 Å². The van der Waals surface area contributed by atoms with E-state index in [0.717, 1.165) is 25.7 Å². The van der Waals surface area contributed by atoms with E-state index in [9.17, 15) is 10.2 Å². The van der Waals surface area contributed by atoms with Gasteiger partial charge in [-0.1, -0.05) is 26.7 Å². The Hall–Kier alpha value is -0.800. The molecule has 0 aliphatic rings. The lowest BCUT2D eigenvalue weighted by Gasteiger charge is -2.34. The van der Waals surface area contributed by atoms with Crippen molar-refractivity contribution in [1.82, 2.24) is 0 Å². The zero-order valence-corrected chi connectivity index (χ0v) is 10.1. The Labute approximate surface area is 97.1 Å². The second kappa shape index (κ2) is 6.06. The van der Waals surface area contributed by atoms with E-state index in [2.05, 4.69) is 6.92 Å². The lowest BCUT2D eigenvalue weighted by molar-refractivity contribution is -0.0413. The fraction of sp³-hybridized carbons (Fsp3) is 0.692. The summed E-state index contributed by atoms with van der Waals surface area (Å²) in [4.78, 5) is 0. The molecule has 0 saturated heterocycles. The smallest absolute Gasteiger partial charge is 0.132 e. The summed E-state index contributed by atoms with van der Waals surface area (Å²) in [6.45, 7) is 4.10. The number of hydrogen-bond acceptors (Lipinski definition) is 3. The van der Waals surface area contributed by atoms with Gasteiger partial charge in [-0.05, 0) is 25.0 Å². The predicted molar refractivity (Wildman–Crippen MR) is 63.0 cm³/mol. The quantitative estimate of drug-likeness (QED) is 0.751. The van der Waals surface area contributed by atoms with Gasteiger partial charge in [0.1, 0.15) is 11.9 Å². The summed E-state index contributed by atoms with van der Waals surface area (Å²) >= 11 is 0. The third-order valence-corrected chi connectivity index (χ3v) is 3.44. The molecule has 0 radical (unpaired) electrons. The molecule has 2 N–H and O–H groups in total. The standard InChI is InChI=1S/C13H22O3/c1-3-5-8-13(4-2,10-14)12(15)11-7-6-9-16-11/h6-7,9,12,14-15H,3-5,8,10H2,1-2H3/t12-,13+/m1/s1. The third kappa shape index (κ3) is 2.66. The normalized spacial score (nSPS) is 17.0. The van der Waals surface area contributed by atoms with Gasteiger partial charge >= 0.3 is 0 Å². The van der Waals surface area contributed by atoms with Crippen molar-refractivity contribution < 1.29 is 14.6 Å². The Morgan fingerprint density at radius 1 is 1.44 bits per heavy atom. The zero-order chi connectivity index (χ0) is 12.0. The van der Waals surface area contributed by atoms with Crippen LogP contribution in [0.15, 0.2) is 22.8 Å². The zero-order valence-electron chi connectivity index (χ0n) is 10.1. The molecule has 0 aliphatic heterocycles. The van der Waals surface area contributed by atoms with E-state index in [1.807, 2.05) is 6.92 Å². The van der Waals surface area contributed by atoms with E-state index >= 15 is 0 Å². The average molecular weight is 226 g/mol. The van der Waals surface area contributed by atoms with Gasteiger partial charge in [-0.25, -0.2) is 0 Å². The van der Waals surface area contributed by atoms with Crippen LogP contribution in [0.5, 0.6) is 0 Å². The van der Waals surface area contributed by atoms with Crippen LogP contribution in [-0.4, -0.2) is 16.8 Å². The SMILES string of the molecule is CCCC[C@@](CC)(CO)[C@H](O)c1ccco1. The maximum atomic E-state index is 10.3. The minimum atomic E-state index is -0.718. The topological polar surface area (TPSA) is 53.6 Å². The molecule has 0 spiro atoms. The van der Waals surface area contributed by atoms with Crippen molar-refractivity contribution in [2.75, 3.05) is 6.61 Å². The predicted octanol–water partition coefficient (Wildman–Crippen LogP) is 2.89. The minimum Gasteiger partial charge on any atom is -0.467 e. The number of aliphatic hydroxyl groups excluding tert-OH is 2. The Morgan fingerprint density at radius 3 is 2.62 bits per heavy atom. The van der Waals surface area contributed by atoms with Crippen LogP contribution in [0, 0.1) is 5.41 Å². The van der Waals surface area contributed by atoms with Crippen LogP contribution in [0.2, 0.25) is 0 Å². The number of aliphatic hydroxyl groups is 2. The third-order valence-electron chi connectivity index (χ3n) is 3.44. The van der Waals surface area contributed by atoms with Gasteiger partial charge in [0.2, 0.25) is 0 Å². The number of rotatable bonds is 7. The first-order chi connectivity index (χ1) is 7.70. The molecule has 0 aromatic carbocycles. The van der Waals surface area contributed by atoms with E-state index in [1.165, 1.54) is 0 Å². The number of unbranched alkanes of at least 4 members (excludes halogenated alkanes) is 1. The lowest BCUT2D eigenvalue weighted by atomic mass is 9.75. The highest BCUT2D eigenvalue weighted by Crippen LogP contribution is 2.41. The molecule has 0 aliphatic carbocycles. The Balaban J connectivity index is 2.83. The number of furan rings is 1. The summed E-state index contributed by atoms with van der Waals surface area (Å²) in [5.74, 6) is 0.548. The van der Waals surface area contributed by atoms with Crippen LogP contribution in [0.4, 0.5) is 0 Å². The Morgan fingerprint density at radius 2 is 2.19 bits per heavy atom. The maximum Gasteiger partial charge on any atom is 0.132 e. The molecular formula is C13H22O3. The van der Waals surface area contributed by atoms with E-state index in [4.69, 9.17) is 4.42 Å². The van der Waals surface area contributed by atoms with Crippen LogP contribution in [0.1, 0.15) is 51.4 Å². The van der Waals surface area contributed by atoms with E-state index < -0.39 is 11.5 Å². The summed E-state index contributed by atoms with van der Waals surface area (Å²) in [6, 6.07) is 3.52. The van der Waals surface area contributed by atoms with Crippen molar-refractivity contribution in [3.63, 3.8) is 0 Å². The first kappa shape index (κ1) is 13.3. The van der Waals surface area contributed by atoms with Crippen LogP contribution in [-0.2, 0) is 0 Å². The van der Waals surface area contributed by atoms with Gasteiger partial charge in [-0.3, -0.25) is 0 Å². The molecule has 3 heteroatoms. The highest BCUT2D eigenvalue weighted by atomic mass is 16.4. The van der Waals surface area contributed by atoms with Gasteiger partial charge in [0, 0.05) is 5.41 Å². The second-order valence-corrected chi connectivity index (χ2v) is 4.40. The van der Waals surface area contributed by atoms with Gasteiger partial charge in [0.25, 0.3) is 0 Å². The summed E-state index contributed by atoms with van der Waals surface area (Å²) in [6.07, 6.45) is 4.46. The van der Waals surface area contributed by atoms with Crippen molar-refractivity contribution in [3.8, 4) is 0 Å². The molecule has 1 aromatic rings. The van der Waals surface area contributed by atoms with Gasteiger partial charge in [-0.2, -0.15) is 0 Å². The molecule has 0 unspecified atom stereocenters. The van der Waals surface area contributed by atoms with Crippen LogP contribution < -0.4 is 0 Å². The maximum absolute atomic E-state index is 10.3. The fourth-order valence-electron chi connectivity index (χ4n) is 2.06. The Bertz CT molecular complexity index is 275. The minimum absolute atomic E-state index is 0.00856. The molecule has 1 heterocycles. The first-order valence-corrected chi connectivity index (χ1v) is 6.02. The molecule has 0 amide bonds.